The number of benzene rings is 1. The third-order valence-corrected chi connectivity index (χ3v) is 3.25. The van der Waals surface area contributed by atoms with Crippen LogP contribution in [0.3, 0.4) is 0 Å². The van der Waals surface area contributed by atoms with Crippen LogP contribution in [0.1, 0.15) is 25.5 Å². The summed E-state index contributed by atoms with van der Waals surface area (Å²) in [7, 11) is 1.60. The van der Waals surface area contributed by atoms with Crippen LogP contribution in [0.4, 0.5) is 0 Å². The molecule has 0 radical (unpaired) electrons. The van der Waals surface area contributed by atoms with Crippen LogP contribution < -0.4 is 10.1 Å². The van der Waals surface area contributed by atoms with E-state index in [0.29, 0.717) is 6.54 Å². The molecule has 1 rings (SSSR count). The molecule has 20 heavy (non-hydrogen) atoms. The van der Waals surface area contributed by atoms with Gasteiger partial charge in [-0.15, -0.1) is 0 Å². The Bertz CT molecular complexity index is 402. The zero-order chi connectivity index (χ0) is 15.0. The molecule has 1 unspecified atom stereocenters. The van der Waals surface area contributed by atoms with Crippen LogP contribution in [0.5, 0.6) is 5.75 Å². The summed E-state index contributed by atoms with van der Waals surface area (Å²) in [5.41, 5.74) is 0.758. The molecule has 112 valence electrons. The third kappa shape index (κ3) is 5.19. The van der Waals surface area contributed by atoms with Crippen LogP contribution in [0.15, 0.2) is 24.3 Å². The minimum atomic E-state index is -0.707. The van der Waals surface area contributed by atoms with Crippen molar-refractivity contribution in [2.75, 3.05) is 33.3 Å². The average molecular weight is 280 g/mol. The SMILES string of the molecule is CCN(CC)CC(=O)NCC(O)c1ccc(OC)cc1. The summed E-state index contributed by atoms with van der Waals surface area (Å²) < 4.78 is 5.06. The lowest BCUT2D eigenvalue weighted by atomic mass is 10.1. The van der Waals surface area contributed by atoms with Gasteiger partial charge in [0.1, 0.15) is 5.75 Å². The highest BCUT2D eigenvalue weighted by molar-refractivity contribution is 5.78. The molecule has 5 nitrogen and oxygen atoms in total. The molecule has 0 saturated heterocycles. The number of nitrogens with zero attached hydrogens (tertiary/aromatic N) is 1. The number of carbonyl (C=O) groups excluding carboxylic acids is 1. The van der Waals surface area contributed by atoms with Gasteiger partial charge in [0.15, 0.2) is 0 Å². The third-order valence-electron chi connectivity index (χ3n) is 3.25. The molecule has 1 amide bonds. The summed E-state index contributed by atoms with van der Waals surface area (Å²) in [5, 5.41) is 12.8. The first-order valence-corrected chi connectivity index (χ1v) is 6.91. The number of nitrogens with one attached hydrogen (secondary N) is 1. The summed E-state index contributed by atoms with van der Waals surface area (Å²) in [4.78, 5) is 13.7. The summed E-state index contributed by atoms with van der Waals surface area (Å²) in [6, 6.07) is 7.16. The van der Waals surface area contributed by atoms with E-state index < -0.39 is 6.10 Å². The van der Waals surface area contributed by atoms with E-state index in [0.717, 1.165) is 24.4 Å². The summed E-state index contributed by atoms with van der Waals surface area (Å²) in [6.07, 6.45) is -0.707. The van der Waals surface area contributed by atoms with Crippen LogP contribution in [-0.2, 0) is 4.79 Å². The first kappa shape index (κ1) is 16.5. The van der Waals surface area contributed by atoms with Gasteiger partial charge in [0, 0.05) is 6.54 Å². The van der Waals surface area contributed by atoms with Crippen molar-refractivity contribution in [2.24, 2.45) is 0 Å². The van der Waals surface area contributed by atoms with Crippen molar-refractivity contribution in [1.29, 1.82) is 0 Å². The molecule has 0 fully saturated rings. The number of hydrogen-bond donors (Lipinski definition) is 2. The van der Waals surface area contributed by atoms with Gasteiger partial charge in [-0.3, -0.25) is 9.69 Å². The van der Waals surface area contributed by atoms with Crippen molar-refractivity contribution in [2.45, 2.75) is 20.0 Å². The molecule has 5 heteroatoms. The van der Waals surface area contributed by atoms with Crippen molar-refractivity contribution in [3.63, 3.8) is 0 Å². The molecular weight excluding hydrogens is 256 g/mol. The average Bonchev–Trinajstić information content (AvgIpc) is 2.50. The fourth-order valence-corrected chi connectivity index (χ4v) is 1.86. The lowest BCUT2D eigenvalue weighted by Crippen LogP contribution is -2.38. The second-order valence-electron chi connectivity index (χ2n) is 4.55. The zero-order valence-electron chi connectivity index (χ0n) is 12.4. The lowest BCUT2D eigenvalue weighted by molar-refractivity contribution is -0.122. The molecule has 0 aliphatic heterocycles. The quantitative estimate of drug-likeness (QED) is 0.751. The Kier molecular flexibility index (Phi) is 7.04. The van der Waals surface area contributed by atoms with Crippen molar-refractivity contribution in [3.05, 3.63) is 29.8 Å². The Morgan fingerprint density at radius 3 is 2.40 bits per heavy atom. The molecular formula is C15H24N2O3. The topological polar surface area (TPSA) is 61.8 Å². The van der Waals surface area contributed by atoms with Crippen LogP contribution in [-0.4, -0.2) is 49.2 Å². The van der Waals surface area contributed by atoms with Crippen LogP contribution in [0.25, 0.3) is 0 Å². The highest BCUT2D eigenvalue weighted by atomic mass is 16.5. The summed E-state index contributed by atoms with van der Waals surface area (Å²) in [6.45, 7) is 6.29. The number of hydrogen-bond acceptors (Lipinski definition) is 4. The molecule has 0 aliphatic carbocycles. The molecule has 0 saturated carbocycles. The standard InChI is InChI=1S/C15H24N2O3/c1-4-17(5-2)11-15(19)16-10-14(18)12-6-8-13(20-3)9-7-12/h6-9,14,18H,4-5,10-11H2,1-3H3,(H,16,19). The Hall–Kier alpha value is -1.59. The van der Waals surface area contributed by atoms with Crippen LogP contribution in [0.2, 0.25) is 0 Å². The van der Waals surface area contributed by atoms with E-state index in [9.17, 15) is 9.90 Å². The maximum absolute atomic E-state index is 11.7. The lowest BCUT2D eigenvalue weighted by Gasteiger charge is -2.18. The molecule has 1 aromatic rings. The van der Waals surface area contributed by atoms with Gasteiger partial charge < -0.3 is 15.2 Å². The fourth-order valence-electron chi connectivity index (χ4n) is 1.86. The number of amides is 1. The van der Waals surface area contributed by atoms with E-state index >= 15 is 0 Å². The number of aliphatic hydroxyl groups excluding tert-OH is 1. The number of likely N-dealkylation sites (N-methyl/N-ethyl adjacent to an activating group) is 1. The molecule has 1 aromatic carbocycles. The molecule has 0 spiro atoms. The minimum Gasteiger partial charge on any atom is -0.497 e. The molecule has 2 N–H and O–H groups in total. The Labute approximate surface area is 120 Å². The van der Waals surface area contributed by atoms with E-state index in [1.54, 1.807) is 31.4 Å². The number of carbonyl (C=O) groups is 1. The smallest absolute Gasteiger partial charge is 0.234 e. The van der Waals surface area contributed by atoms with E-state index in [1.807, 2.05) is 18.7 Å². The molecule has 0 aliphatic rings. The first-order chi connectivity index (χ1) is 9.60. The molecule has 0 heterocycles. The minimum absolute atomic E-state index is 0.0683. The van der Waals surface area contributed by atoms with Crippen LogP contribution >= 0.6 is 0 Å². The van der Waals surface area contributed by atoms with Crippen molar-refractivity contribution < 1.29 is 14.6 Å². The second kappa shape index (κ2) is 8.55. The van der Waals surface area contributed by atoms with Gasteiger partial charge in [0.25, 0.3) is 0 Å². The summed E-state index contributed by atoms with van der Waals surface area (Å²) >= 11 is 0. The monoisotopic (exact) mass is 280 g/mol. The Balaban J connectivity index is 2.41. The number of rotatable bonds is 8. The number of aliphatic hydroxyl groups is 1. The largest absolute Gasteiger partial charge is 0.497 e. The van der Waals surface area contributed by atoms with E-state index in [4.69, 9.17) is 4.74 Å². The predicted octanol–water partition coefficient (Wildman–Crippen LogP) is 1.19. The summed E-state index contributed by atoms with van der Waals surface area (Å²) in [5.74, 6) is 0.674. The van der Waals surface area contributed by atoms with Crippen molar-refractivity contribution in [3.8, 4) is 5.75 Å². The Morgan fingerprint density at radius 2 is 1.90 bits per heavy atom. The Morgan fingerprint density at radius 1 is 1.30 bits per heavy atom. The van der Waals surface area contributed by atoms with Gasteiger partial charge in [-0.1, -0.05) is 26.0 Å². The molecule has 1 atom stereocenters. The fraction of sp³-hybridized carbons (Fsp3) is 0.533. The van der Waals surface area contributed by atoms with Crippen molar-refractivity contribution in [1.82, 2.24) is 10.2 Å². The number of ether oxygens (including phenoxy) is 1. The van der Waals surface area contributed by atoms with Gasteiger partial charge >= 0.3 is 0 Å². The second-order valence-corrected chi connectivity index (χ2v) is 4.55. The molecule has 0 bridgehead atoms. The highest BCUT2D eigenvalue weighted by Crippen LogP contribution is 2.16. The van der Waals surface area contributed by atoms with Gasteiger partial charge in [-0.2, -0.15) is 0 Å². The van der Waals surface area contributed by atoms with Gasteiger partial charge in [0.2, 0.25) is 5.91 Å². The highest BCUT2D eigenvalue weighted by Gasteiger charge is 2.11. The van der Waals surface area contributed by atoms with E-state index in [-0.39, 0.29) is 12.5 Å². The predicted molar refractivity (Wildman–Crippen MR) is 78.8 cm³/mol. The maximum atomic E-state index is 11.7. The van der Waals surface area contributed by atoms with Gasteiger partial charge in [-0.25, -0.2) is 0 Å². The van der Waals surface area contributed by atoms with Gasteiger partial charge in [0.05, 0.1) is 19.8 Å². The van der Waals surface area contributed by atoms with E-state index in [2.05, 4.69) is 5.32 Å². The normalized spacial score (nSPS) is 12.2. The van der Waals surface area contributed by atoms with Gasteiger partial charge in [-0.05, 0) is 30.8 Å². The zero-order valence-corrected chi connectivity index (χ0v) is 12.4. The molecule has 0 aromatic heterocycles. The van der Waals surface area contributed by atoms with Crippen LogP contribution in [0, 0.1) is 0 Å². The number of methoxy groups -OCH3 is 1. The maximum Gasteiger partial charge on any atom is 0.234 e. The first-order valence-electron chi connectivity index (χ1n) is 6.91. The van der Waals surface area contributed by atoms with Crippen molar-refractivity contribution >= 4 is 5.91 Å². The van der Waals surface area contributed by atoms with E-state index in [1.165, 1.54) is 0 Å².